The Morgan fingerprint density at radius 2 is 1.29 bits per heavy atom. The largest absolute Gasteiger partial charge is 0.339 e. The Bertz CT molecular complexity index is 1150. The Hall–Kier alpha value is -3.26. The number of hydrogen-bond acceptors (Lipinski definition) is 4. The van der Waals surface area contributed by atoms with E-state index >= 15 is 0 Å². The topological polar surface area (TPSA) is 69.7 Å². The van der Waals surface area contributed by atoms with E-state index in [1.165, 1.54) is 17.2 Å². The van der Waals surface area contributed by atoms with Crippen molar-refractivity contribution in [2.24, 2.45) is 0 Å². The Labute approximate surface area is 201 Å². The lowest BCUT2D eigenvalue weighted by Crippen LogP contribution is -2.51. The first-order valence-corrected chi connectivity index (χ1v) is 12.9. The fourth-order valence-corrected chi connectivity index (χ4v) is 4.93. The lowest BCUT2D eigenvalue weighted by Gasteiger charge is -2.39. The van der Waals surface area contributed by atoms with Gasteiger partial charge in [0.15, 0.2) is 0 Å². The SMILES string of the molecule is O=C(CNS(=O)(=O)/C=C/c1ccccc1)N1CCN(C(c2ccccc2)c2ccccc2)CC1. The highest BCUT2D eigenvalue weighted by Crippen LogP contribution is 2.29. The van der Waals surface area contributed by atoms with Gasteiger partial charge in [-0.15, -0.1) is 0 Å². The van der Waals surface area contributed by atoms with Crippen LogP contribution in [0.5, 0.6) is 0 Å². The minimum Gasteiger partial charge on any atom is -0.339 e. The molecule has 1 amide bonds. The van der Waals surface area contributed by atoms with Gasteiger partial charge in [-0.25, -0.2) is 13.1 Å². The molecule has 6 nitrogen and oxygen atoms in total. The van der Waals surface area contributed by atoms with Crippen molar-refractivity contribution in [1.82, 2.24) is 14.5 Å². The van der Waals surface area contributed by atoms with Gasteiger partial charge < -0.3 is 4.90 Å². The van der Waals surface area contributed by atoms with E-state index in [4.69, 9.17) is 0 Å². The second-order valence-corrected chi connectivity index (χ2v) is 9.87. The van der Waals surface area contributed by atoms with Crippen molar-refractivity contribution in [2.75, 3.05) is 32.7 Å². The molecule has 4 rings (SSSR count). The van der Waals surface area contributed by atoms with E-state index in [9.17, 15) is 13.2 Å². The molecule has 0 bridgehead atoms. The van der Waals surface area contributed by atoms with Gasteiger partial charge in [0.25, 0.3) is 0 Å². The van der Waals surface area contributed by atoms with Gasteiger partial charge in [-0.1, -0.05) is 91.0 Å². The molecule has 34 heavy (non-hydrogen) atoms. The van der Waals surface area contributed by atoms with Crippen LogP contribution in [-0.2, 0) is 14.8 Å². The molecule has 3 aromatic rings. The van der Waals surface area contributed by atoms with Gasteiger partial charge in [0.2, 0.25) is 15.9 Å². The first-order valence-electron chi connectivity index (χ1n) is 11.4. The summed E-state index contributed by atoms with van der Waals surface area (Å²) in [5.74, 6) is -0.215. The molecule has 0 aliphatic carbocycles. The quantitative estimate of drug-likeness (QED) is 0.541. The molecule has 1 heterocycles. The molecule has 1 aliphatic rings. The molecular weight excluding hydrogens is 446 g/mol. The molecule has 176 valence electrons. The number of rotatable bonds is 8. The number of carbonyl (C=O) groups is 1. The Morgan fingerprint density at radius 1 is 0.794 bits per heavy atom. The maximum absolute atomic E-state index is 12.7. The number of sulfonamides is 1. The zero-order valence-corrected chi connectivity index (χ0v) is 19.8. The van der Waals surface area contributed by atoms with Crippen LogP contribution in [0, 0.1) is 0 Å². The van der Waals surface area contributed by atoms with Gasteiger partial charge in [-0.3, -0.25) is 9.69 Å². The van der Waals surface area contributed by atoms with E-state index in [-0.39, 0.29) is 18.5 Å². The number of hydrogen-bond donors (Lipinski definition) is 1. The maximum atomic E-state index is 12.7. The molecule has 0 spiro atoms. The van der Waals surface area contributed by atoms with Crippen LogP contribution in [-0.4, -0.2) is 56.8 Å². The molecule has 0 radical (unpaired) electrons. The monoisotopic (exact) mass is 475 g/mol. The van der Waals surface area contributed by atoms with Crippen LogP contribution in [0.4, 0.5) is 0 Å². The van der Waals surface area contributed by atoms with E-state index in [0.29, 0.717) is 26.2 Å². The molecule has 3 aromatic carbocycles. The van der Waals surface area contributed by atoms with E-state index < -0.39 is 10.0 Å². The van der Waals surface area contributed by atoms with Crippen molar-refractivity contribution in [3.63, 3.8) is 0 Å². The van der Waals surface area contributed by atoms with Crippen LogP contribution in [0.25, 0.3) is 6.08 Å². The average molecular weight is 476 g/mol. The Morgan fingerprint density at radius 3 is 1.82 bits per heavy atom. The lowest BCUT2D eigenvalue weighted by atomic mass is 9.96. The summed E-state index contributed by atoms with van der Waals surface area (Å²) in [7, 11) is -3.70. The third-order valence-electron chi connectivity index (χ3n) is 5.93. The van der Waals surface area contributed by atoms with Crippen molar-refractivity contribution < 1.29 is 13.2 Å². The average Bonchev–Trinajstić information content (AvgIpc) is 2.89. The van der Waals surface area contributed by atoms with Gasteiger partial charge >= 0.3 is 0 Å². The molecule has 0 atom stereocenters. The molecule has 0 saturated carbocycles. The number of piperazine rings is 1. The number of nitrogens with zero attached hydrogens (tertiary/aromatic N) is 2. The number of benzene rings is 3. The maximum Gasteiger partial charge on any atom is 0.237 e. The highest BCUT2D eigenvalue weighted by Gasteiger charge is 2.28. The molecule has 0 aromatic heterocycles. The zero-order chi connectivity index (χ0) is 23.8. The first-order chi connectivity index (χ1) is 16.5. The highest BCUT2D eigenvalue weighted by atomic mass is 32.2. The smallest absolute Gasteiger partial charge is 0.237 e. The minimum absolute atomic E-state index is 0.112. The summed E-state index contributed by atoms with van der Waals surface area (Å²) < 4.78 is 26.9. The van der Waals surface area contributed by atoms with Crippen LogP contribution in [0.2, 0.25) is 0 Å². The molecule has 1 saturated heterocycles. The van der Waals surface area contributed by atoms with Crippen molar-refractivity contribution in [3.8, 4) is 0 Å². The van der Waals surface area contributed by atoms with E-state index in [2.05, 4.69) is 33.9 Å². The Kier molecular flexibility index (Phi) is 7.90. The fourth-order valence-electron chi connectivity index (χ4n) is 4.17. The van der Waals surface area contributed by atoms with Crippen LogP contribution in [0.3, 0.4) is 0 Å². The molecule has 1 aliphatic heterocycles. The molecule has 1 N–H and O–H groups in total. The van der Waals surface area contributed by atoms with Gasteiger partial charge in [-0.2, -0.15) is 0 Å². The highest BCUT2D eigenvalue weighted by molar-refractivity contribution is 7.92. The van der Waals surface area contributed by atoms with Crippen molar-refractivity contribution in [2.45, 2.75) is 6.04 Å². The van der Waals surface area contributed by atoms with Crippen molar-refractivity contribution in [3.05, 3.63) is 113 Å². The molecular formula is C27H29N3O3S. The summed E-state index contributed by atoms with van der Waals surface area (Å²) >= 11 is 0. The van der Waals surface area contributed by atoms with Crippen LogP contribution in [0.1, 0.15) is 22.7 Å². The third kappa shape index (κ3) is 6.41. The van der Waals surface area contributed by atoms with Crippen LogP contribution < -0.4 is 4.72 Å². The summed E-state index contributed by atoms with van der Waals surface area (Å²) in [5, 5.41) is 1.10. The van der Waals surface area contributed by atoms with Gasteiger partial charge in [0.1, 0.15) is 0 Å². The standard InChI is InChI=1S/C27H29N3O3S/c31-26(22-28-34(32,33)21-16-23-10-4-1-5-11-23)29-17-19-30(20-18-29)27(24-12-6-2-7-13-24)25-14-8-3-9-15-25/h1-16,21,27-28H,17-20,22H2/b21-16+. The summed E-state index contributed by atoms with van der Waals surface area (Å²) in [5.41, 5.74) is 3.21. The molecule has 1 fully saturated rings. The van der Waals surface area contributed by atoms with E-state index in [0.717, 1.165) is 11.0 Å². The summed E-state index contributed by atoms with van der Waals surface area (Å²) in [6.07, 6.45) is 1.51. The minimum atomic E-state index is -3.70. The second kappa shape index (κ2) is 11.2. The van der Waals surface area contributed by atoms with Crippen molar-refractivity contribution in [1.29, 1.82) is 0 Å². The zero-order valence-electron chi connectivity index (χ0n) is 19.0. The predicted octanol–water partition coefficient (Wildman–Crippen LogP) is 3.51. The first kappa shape index (κ1) is 23.9. The summed E-state index contributed by atoms with van der Waals surface area (Å²) in [6.45, 7) is 2.27. The predicted molar refractivity (Wildman–Crippen MR) is 135 cm³/mol. The van der Waals surface area contributed by atoms with Crippen molar-refractivity contribution >= 4 is 22.0 Å². The Balaban J connectivity index is 1.34. The molecule has 7 heteroatoms. The number of nitrogens with one attached hydrogen (secondary N) is 1. The summed E-state index contributed by atoms with van der Waals surface area (Å²) in [4.78, 5) is 16.8. The van der Waals surface area contributed by atoms with Gasteiger partial charge in [-0.05, 0) is 22.8 Å². The van der Waals surface area contributed by atoms with E-state index in [1.54, 1.807) is 4.90 Å². The van der Waals surface area contributed by atoms with E-state index in [1.807, 2.05) is 66.7 Å². The number of amides is 1. The third-order valence-corrected chi connectivity index (χ3v) is 6.97. The second-order valence-electron chi connectivity index (χ2n) is 8.22. The normalized spacial score (nSPS) is 15.1. The van der Waals surface area contributed by atoms with Gasteiger partial charge in [0, 0.05) is 31.6 Å². The molecule has 0 unspecified atom stereocenters. The van der Waals surface area contributed by atoms with Crippen LogP contribution in [0.15, 0.2) is 96.4 Å². The summed E-state index contributed by atoms with van der Waals surface area (Å²) in [6, 6.07) is 30.0. The van der Waals surface area contributed by atoms with Gasteiger partial charge in [0.05, 0.1) is 12.6 Å². The fraction of sp³-hybridized carbons (Fsp3) is 0.222. The van der Waals surface area contributed by atoms with Crippen LogP contribution >= 0.6 is 0 Å². The lowest BCUT2D eigenvalue weighted by molar-refractivity contribution is -0.131. The number of carbonyl (C=O) groups excluding carboxylic acids is 1.